The Morgan fingerprint density at radius 1 is 1.28 bits per heavy atom. The lowest BCUT2D eigenvalue weighted by Gasteiger charge is -2.24. The Bertz CT molecular complexity index is 850. The van der Waals surface area contributed by atoms with E-state index in [-0.39, 0.29) is 28.8 Å². The minimum atomic E-state index is -3.89. The highest BCUT2D eigenvalue weighted by Crippen LogP contribution is 2.48. The van der Waals surface area contributed by atoms with Crippen LogP contribution >= 0.6 is 23.2 Å². The van der Waals surface area contributed by atoms with Gasteiger partial charge in [-0.1, -0.05) is 30.1 Å². The molecule has 3 rings (SSSR count). The molecule has 6 nitrogen and oxygen atoms in total. The van der Waals surface area contributed by atoms with E-state index >= 15 is 0 Å². The summed E-state index contributed by atoms with van der Waals surface area (Å²) in [6, 6.07) is 2.91. The predicted octanol–water partition coefficient (Wildman–Crippen LogP) is 2.62. The maximum absolute atomic E-state index is 12.9. The van der Waals surface area contributed by atoms with Gasteiger partial charge in [-0.15, -0.1) is 0 Å². The van der Waals surface area contributed by atoms with Gasteiger partial charge in [-0.25, -0.2) is 13.2 Å². The molecule has 1 aromatic carbocycles. The smallest absolute Gasteiger partial charge is 0.326 e. The predicted molar refractivity (Wildman–Crippen MR) is 92.5 cm³/mol. The molecule has 0 aromatic heterocycles. The van der Waals surface area contributed by atoms with Crippen molar-refractivity contribution in [3.8, 4) is 0 Å². The molecule has 2 atom stereocenters. The van der Waals surface area contributed by atoms with E-state index < -0.39 is 32.5 Å². The molecule has 0 bridgehead atoms. The first-order valence-corrected chi connectivity index (χ1v) is 10.1. The number of hydrogen-bond donors (Lipinski definition) is 1. The summed E-state index contributed by atoms with van der Waals surface area (Å²) >= 11 is 11.8. The summed E-state index contributed by atoms with van der Waals surface area (Å²) in [6.45, 7) is 1.62. The summed E-state index contributed by atoms with van der Waals surface area (Å²) < 4.78 is 25.8. The Labute approximate surface area is 155 Å². The number of carboxylic acid groups (broad SMARTS) is 1. The topological polar surface area (TPSA) is 91.8 Å². The molecule has 2 fully saturated rings. The van der Waals surface area contributed by atoms with Gasteiger partial charge < -0.3 is 10.0 Å². The molecule has 1 aliphatic carbocycles. The van der Waals surface area contributed by atoms with Crippen molar-refractivity contribution >= 4 is 44.9 Å². The lowest BCUT2D eigenvalue weighted by Crippen LogP contribution is -2.44. The van der Waals surface area contributed by atoms with Gasteiger partial charge in [-0.2, -0.15) is 0 Å². The van der Waals surface area contributed by atoms with Crippen LogP contribution in [0.2, 0.25) is 10.0 Å². The number of carbonyl (C=O) groups is 2. The number of aliphatic carboxylic acids is 1. The molecule has 25 heavy (non-hydrogen) atoms. The van der Waals surface area contributed by atoms with Crippen molar-refractivity contribution in [2.24, 2.45) is 5.41 Å². The van der Waals surface area contributed by atoms with Crippen LogP contribution < -0.4 is 0 Å². The molecule has 1 aliphatic heterocycles. The van der Waals surface area contributed by atoms with Crippen molar-refractivity contribution in [1.82, 2.24) is 4.90 Å². The summed E-state index contributed by atoms with van der Waals surface area (Å²) in [5.74, 6) is -1.49. The second kappa shape index (κ2) is 6.14. The van der Waals surface area contributed by atoms with Crippen LogP contribution in [0.3, 0.4) is 0 Å². The summed E-state index contributed by atoms with van der Waals surface area (Å²) in [5, 5.41) is 8.70. The van der Waals surface area contributed by atoms with Gasteiger partial charge in [0.15, 0.2) is 9.84 Å². The number of hydrogen-bond acceptors (Lipinski definition) is 4. The highest BCUT2D eigenvalue weighted by atomic mass is 35.5. The summed E-state index contributed by atoms with van der Waals surface area (Å²) in [6.07, 6.45) is 1.22. The average Bonchev–Trinajstić information content (AvgIpc) is 3.11. The Balaban J connectivity index is 1.92. The van der Waals surface area contributed by atoms with Crippen molar-refractivity contribution in [2.75, 3.05) is 6.54 Å². The van der Waals surface area contributed by atoms with Crippen molar-refractivity contribution in [3.63, 3.8) is 0 Å². The minimum absolute atomic E-state index is 0.0155. The number of carbonyl (C=O) groups excluding carboxylic acids is 1. The molecule has 1 aromatic rings. The molecule has 0 unspecified atom stereocenters. The number of sulfone groups is 1. The molecule has 0 radical (unpaired) electrons. The van der Waals surface area contributed by atoms with E-state index in [1.165, 1.54) is 23.1 Å². The van der Waals surface area contributed by atoms with Crippen LogP contribution in [0.25, 0.3) is 0 Å². The summed E-state index contributed by atoms with van der Waals surface area (Å²) in [5.41, 5.74) is -0.565. The molecule has 1 heterocycles. The molecule has 2 aliphatic rings. The monoisotopic (exact) mass is 405 g/mol. The van der Waals surface area contributed by atoms with Crippen LogP contribution in [0.5, 0.6) is 0 Å². The van der Waals surface area contributed by atoms with Crippen LogP contribution in [0.1, 0.15) is 26.2 Å². The van der Waals surface area contributed by atoms with E-state index in [0.717, 1.165) is 0 Å². The standard InChI is InChI=1S/C16H17Cl2NO5S/c1-16(4-5-16)15(22)19-8-10(7-12(19)14(20)21)25(23,24)13-3-2-9(17)6-11(13)18/h2-3,6,10,12H,4-5,7-8H2,1H3,(H,20,21)/t10-,12+/m1/s1. The molecule has 0 spiro atoms. The van der Waals surface area contributed by atoms with Crippen LogP contribution in [0, 0.1) is 5.41 Å². The van der Waals surface area contributed by atoms with E-state index in [9.17, 15) is 23.1 Å². The fraction of sp³-hybridized carbons (Fsp3) is 0.500. The number of carboxylic acids is 1. The molecule has 1 amide bonds. The third-order valence-corrected chi connectivity index (χ3v) is 7.81. The average molecular weight is 406 g/mol. The van der Waals surface area contributed by atoms with Crippen molar-refractivity contribution in [2.45, 2.75) is 42.4 Å². The number of nitrogens with zero attached hydrogens (tertiary/aromatic N) is 1. The number of rotatable bonds is 4. The van der Waals surface area contributed by atoms with Crippen molar-refractivity contribution in [1.29, 1.82) is 0 Å². The fourth-order valence-corrected chi connectivity index (χ4v) is 5.59. The maximum atomic E-state index is 12.9. The van der Waals surface area contributed by atoms with Gasteiger partial charge in [-0.3, -0.25) is 4.79 Å². The third-order valence-electron chi connectivity index (χ3n) is 4.96. The van der Waals surface area contributed by atoms with Crippen LogP contribution in [-0.4, -0.2) is 48.1 Å². The Kier molecular flexibility index (Phi) is 4.54. The number of benzene rings is 1. The van der Waals surface area contributed by atoms with Gasteiger partial charge in [0.25, 0.3) is 0 Å². The lowest BCUT2D eigenvalue weighted by molar-refractivity contribution is -0.150. The molecule has 1 saturated heterocycles. The van der Waals surface area contributed by atoms with Crippen LogP contribution in [-0.2, 0) is 19.4 Å². The van der Waals surface area contributed by atoms with Gasteiger partial charge in [0.05, 0.1) is 15.2 Å². The molecule has 1 N–H and O–H groups in total. The number of amides is 1. The van der Waals surface area contributed by atoms with E-state index in [1.807, 2.05) is 0 Å². The molecule has 136 valence electrons. The lowest BCUT2D eigenvalue weighted by atomic mass is 10.1. The van der Waals surface area contributed by atoms with Crippen molar-refractivity contribution < 1.29 is 23.1 Å². The second-order valence-corrected chi connectivity index (χ2v) is 9.89. The summed E-state index contributed by atoms with van der Waals surface area (Å²) in [4.78, 5) is 25.2. The van der Waals surface area contributed by atoms with Gasteiger partial charge >= 0.3 is 5.97 Å². The minimum Gasteiger partial charge on any atom is -0.480 e. The Hall–Kier alpha value is -1.31. The van der Waals surface area contributed by atoms with Crippen LogP contribution in [0.4, 0.5) is 0 Å². The highest BCUT2D eigenvalue weighted by molar-refractivity contribution is 7.92. The molecular weight excluding hydrogens is 389 g/mol. The maximum Gasteiger partial charge on any atom is 0.326 e. The van der Waals surface area contributed by atoms with E-state index in [2.05, 4.69) is 0 Å². The van der Waals surface area contributed by atoms with E-state index in [0.29, 0.717) is 17.9 Å². The second-order valence-electron chi connectivity index (χ2n) is 6.85. The highest BCUT2D eigenvalue weighted by Gasteiger charge is 2.53. The molecular formula is C16H17Cl2NO5S. The third kappa shape index (κ3) is 3.25. The largest absolute Gasteiger partial charge is 0.480 e. The van der Waals surface area contributed by atoms with Gasteiger partial charge in [0.1, 0.15) is 6.04 Å². The molecule has 9 heteroatoms. The molecule has 1 saturated carbocycles. The van der Waals surface area contributed by atoms with Gasteiger partial charge in [0.2, 0.25) is 5.91 Å². The Morgan fingerprint density at radius 2 is 1.92 bits per heavy atom. The Morgan fingerprint density at radius 3 is 2.44 bits per heavy atom. The van der Waals surface area contributed by atoms with E-state index in [4.69, 9.17) is 23.2 Å². The van der Waals surface area contributed by atoms with E-state index in [1.54, 1.807) is 6.92 Å². The summed E-state index contributed by atoms with van der Waals surface area (Å²) in [7, 11) is -3.89. The van der Waals surface area contributed by atoms with Crippen LogP contribution in [0.15, 0.2) is 23.1 Å². The number of halogens is 2. The first-order chi connectivity index (χ1) is 11.6. The fourth-order valence-electron chi connectivity index (χ4n) is 3.11. The van der Waals surface area contributed by atoms with Gasteiger partial charge in [-0.05, 0) is 37.5 Å². The SMILES string of the molecule is CC1(C(=O)N2C[C@H](S(=O)(=O)c3ccc(Cl)cc3Cl)C[C@H]2C(=O)O)CC1. The van der Waals surface area contributed by atoms with Crippen molar-refractivity contribution in [3.05, 3.63) is 28.2 Å². The zero-order valence-corrected chi connectivity index (χ0v) is 15.7. The van der Waals surface area contributed by atoms with Gasteiger partial charge in [0, 0.05) is 17.0 Å². The quantitative estimate of drug-likeness (QED) is 0.830. The number of likely N-dealkylation sites (tertiary alicyclic amines) is 1. The first-order valence-electron chi connectivity index (χ1n) is 7.79. The zero-order chi connectivity index (χ0) is 18.6. The normalized spacial score (nSPS) is 25.0. The zero-order valence-electron chi connectivity index (χ0n) is 13.4. The first kappa shape index (κ1) is 18.5.